The smallest absolute Gasteiger partial charge is 0.343 e. The Bertz CT molecular complexity index is 1240. The topological polar surface area (TPSA) is 125 Å². The van der Waals surface area contributed by atoms with Crippen molar-refractivity contribution in [1.29, 1.82) is 0 Å². The molecule has 0 spiro atoms. The van der Waals surface area contributed by atoms with Gasteiger partial charge in [0.25, 0.3) is 11.8 Å². The zero-order chi connectivity index (χ0) is 25.9. The third-order valence-corrected chi connectivity index (χ3v) is 4.87. The van der Waals surface area contributed by atoms with E-state index in [9.17, 15) is 14.4 Å². The molecule has 36 heavy (non-hydrogen) atoms. The molecule has 0 saturated carbocycles. The fourth-order valence-corrected chi connectivity index (χ4v) is 2.97. The maximum absolute atomic E-state index is 12.4. The van der Waals surface area contributed by atoms with Crippen LogP contribution in [0.15, 0.2) is 71.8 Å². The zero-order valence-electron chi connectivity index (χ0n) is 19.9. The third-order valence-electron chi connectivity index (χ3n) is 4.87. The van der Waals surface area contributed by atoms with Gasteiger partial charge in [0, 0.05) is 5.56 Å². The maximum Gasteiger partial charge on any atom is 0.343 e. The van der Waals surface area contributed by atoms with E-state index in [-0.39, 0.29) is 6.54 Å². The number of hydrogen-bond acceptors (Lipinski definition) is 8. The van der Waals surface area contributed by atoms with E-state index in [4.69, 9.17) is 18.9 Å². The number of nitrogens with one attached hydrogen (secondary N) is 2. The van der Waals surface area contributed by atoms with Crippen molar-refractivity contribution in [2.45, 2.75) is 0 Å². The number of methoxy groups -OCH3 is 3. The predicted molar refractivity (Wildman–Crippen MR) is 132 cm³/mol. The zero-order valence-corrected chi connectivity index (χ0v) is 19.9. The van der Waals surface area contributed by atoms with Crippen molar-refractivity contribution in [3.8, 4) is 23.0 Å². The highest BCUT2D eigenvalue weighted by Crippen LogP contribution is 2.28. The first-order valence-electron chi connectivity index (χ1n) is 10.7. The minimum Gasteiger partial charge on any atom is -0.497 e. The van der Waals surface area contributed by atoms with Gasteiger partial charge in [-0.2, -0.15) is 5.10 Å². The number of ether oxygens (including phenoxy) is 4. The standard InChI is InChI=1S/C26H25N3O7/c1-33-20-11-6-18(7-12-20)25(31)27-16-24(30)29-28-15-17-4-9-21(10-5-17)36-26(32)19-8-13-22(34-2)23(14-19)35-3/h4-15H,16H2,1-3H3,(H,27,31)(H,29,30)/b28-15-. The van der Waals surface area contributed by atoms with Crippen LogP contribution in [0, 0.1) is 0 Å². The first-order valence-corrected chi connectivity index (χ1v) is 10.7. The Balaban J connectivity index is 1.46. The molecule has 0 aliphatic heterocycles. The first kappa shape index (κ1) is 25.8. The minimum atomic E-state index is -0.554. The number of amides is 2. The van der Waals surface area contributed by atoms with Crippen LogP contribution in [-0.4, -0.2) is 51.9 Å². The van der Waals surface area contributed by atoms with Gasteiger partial charge in [0.1, 0.15) is 11.5 Å². The Labute approximate surface area is 207 Å². The quantitative estimate of drug-likeness (QED) is 0.193. The molecule has 0 bridgehead atoms. The van der Waals surface area contributed by atoms with Gasteiger partial charge in [-0.15, -0.1) is 0 Å². The molecule has 186 valence electrons. The van der Waals surface area contributed by atoms with Gasteiger partial charge in [0.2, 0.25) is 0 Å². The van der Waals surface area contributed by atoms with E-state index in [1.165, 1.54) is 33.6 Å². The van der Waals surface area contributed by atoms with Crippen LogP contribution in [0.2, 0.25) is 0 Å². The van der Waals surface area contributed by atoms with Gasteiger partial charge >= 0.3 is 5.97 Å². The lowest BCUT2D eigenvalue weighted by Crippen LogP contribution is -2.34. The number of hydrogen-bond donors (Lipinski definition) is 2. The molecule has 3 rings (SSSR count). The Hall–Kier alpha value is -4.86. The first-order chi connectivity index (χ1) is 17.4. The molecule has 10 heteroatoms. The van der Waals surface area contributed by atoms with Crippen LogP contribution >= 0.6 is 0 Å². The molecule has 2 N–H and O–H groups in total. The minimum absolute atomic E-state index is 0.243. The van der Waals surface area contributed by atoms with E-state index >= 15 is 0 Å². The van der Waals surface area contributed by atoms with E-state index in [0.717, 1.165) is 0 Å². The Kier molecular flexibility index (Phi) is 8.99. The average molecular weight is 492 g/mol. The molecule has 2 amide bonds. The van der Waals surface area contributed by atoms with E-state index < -0.39 is 17.8 Å². The van der Waals surface area contributed by atoms with Crippen LogP contribution in [0.4, 0.5) is 0 Å². The number of carbonyl (C=O) groups is 3. The number of nitrogens with zero attached hydrogens (tertiary/aromatic N) is 1. The van der Waals surface area contributed by atoms with E-state index in [1.807, 2.05) is 0 Å². The summed E-state index contributed by atoms with van der Waals surface area (Å²) in [5, 5.41) is 6.37. The third kappa shape index (κ3) is 7.07. The van der Waals surface area contributed by atoms with Crippen LogP contribution in [-0.2, 0) is 4.79 Å². The number of esters is 1. The summed E-state index contributed by atoms with van der Waals surface area (Å²) in [6, 6.07) is 17.7. The van der Waals surface area contributed by atoms with Gasteiger partial charge in [-0.05, 0) is 72.3 Å². The van der Waals surface area contributed by atoms with Crippen LogP contribution in [0.25, 0.3) is 0 Å². The van der Waals surface area contributed by atoms with Gasteiger partial charge in [-0.3, -0.25) is 9.59 Å². The highest BCUT2D eigenvalue weighted by molar-refractivity contribution is 5.96. The maximum atomic E-state index is 12.4. The number of rotatable bonds is 10. The van der Waals surface area contributed by atoms with Crippen LogP contribution < -0.4 is 29.7 Å². The summed E-state index contributed by atoms with van der Waals surface area (Å²) in [6.07, 6.45) is 1.42. The molecule has 0 fully saturated rings. The Morgan fingerprint density at radius 1 is 0.778 bits per heavy atom. The van der Waals surface area contributed by atoms with Crippen molar-refractivity contribution in [3.05, 3.63) is 83.4 Å². The van der Waals surface area contributed by atoms with Crippen molar-refractivity contribution in [2.24, 2.45) is 5.10 Å². The van der Waals surface area contributed by atoms with Crippen molar-refractivity contribution in [3.63, 3.8) is 0 Å². The second-order valence-electron chi connectivity index (χ2n) is 7.23. The van der Waals surface area contributed by atoms with Crippen LogP contribution in [0.1, 0.15) is 26.3 Å². The average Bonchev–Trinajstić information content (AvgIpc) is 2.92. The summed E-state index contributed by atoms with van der Waals surface area (Å²) in [7, 11) is 4.52. The number of hydrazone groups is 1. The van der Waals surface area contributed by atoms with Crippen molar-refractivity contribution >= 4 is 24.0 Å². The molecule has 0 heterocycles. The van der Waals surface area contributed by atoms with Gasteiger partial charge in [0.05, 0.1) is 39.7 Å². The summed E-state index contributed by atoms with van der Waals surface area (Å²) in [4.78, 5) is 36.4. The highest BCUT2D eigenvalue weighted by atomic mass is 16.5. The predicted octanol–water partition coefficient (Wildman–Crippen LogP) is 2.81. The molecule has 0 atom stereocenters. The second-order valence-corrected chi connectivity index (χ2v) is 7.23. The second kappa shape index (κ2) is 12.6. The molecule has 0 unspecified atom stereocenters. The van der Waals surface area contributed by atoms with E-state index in [1.54, 1.807) is 60.7 Å². The summed E-state index contributed by atoms with van der Waals surface area (Å²) in [5.41, 5.74) is 3.70. The lowest BCUT2D eigenvalue weighted by atomic mass is 10.2. The van der Waals surface area contributed by atoms with Crippen LogP contribution in [0.5, 0.6) is 23.0 Å². The summed E-state index contributed by atoms with van der Waals surface area (Å²) < 4.78 is 20.8. The van der Waals surface area contributed by atoms with Gasteiger partial charge in [-0.25, -0.2) is 10.2 Å². The number of carbonyl (C=O) groups excluding carboxylic acids is 3. The van der Waals surface area contributed by atoms with Gasteiger partial charge in [-0.1, -0.05) is 0 Å². The number of benzene rings is 3. The molecule has 0 aliphatic rings. The lowest BCUT2D eigenvalue weighted by molar-refractivity contribution is -0.120. The van der Waals surface area contributed by atoms with E-state index in [2.05, 4.69) is 15.8 Å². The summed E-state index contributed by atoms with van der Waals surface area (Å²) in [5.74, 6) is 0.440. The largest absolute Gasteiger partial charge is 0.497 e. The molecule has 0 aromatic heterocycles. The fraction of sp³-hybridized carbons (Fsp3) is 0.154. The summed E-state index contributed by atoms with van der Waals surface area (Å²) in [6.45, 7) is -0.243. The fourth-order valence-electron chi connectivity index (χ4n) is 2.97. The van der Waals surface area contributed by atoms with Crippen molar-refractivity contribution in [2.75, 3.05) is 27.9 Å². The monoisotopic (exact) mass is 491 g/mol. The highest BCUT2D eigenvalue weighted by Gasteiger charge is 2.13. The SMILES string of the molecule is COc1ccc(C(=O)NCC(=O)N/N=C\c2ccc(OC(=O)c3ccc(OC)c(OC)c3)cc2)cc1. The van der Waals surface area contributed by atoms with Crippen molar-refractivity contribution in [1.82, 2.24) is 10.7 Å². The Morgan fingerprint density at radius 2 is 1.42 bits per heavy atom. The molecular formula is C26H25N3O7. The van der Waals surface area contributed by atoms with Gasteiger partial charge in [0.15, 0.2) is 11.5 Å². The Morgan fingerprint density at radius 3 is 2.06 bits per heavy atom. The molecular weight excluding hydrogens is 466 g/mol. The van der Waals surface area contributed by atoms with Crippen molar-refractivity contribution < 1.29 is 33.3 Å². The normalized spacial score (nSPS) is 10.4. The molecule has 3 aromatic rings. The van der Waals surface area contributed by atoms with Gasteiger partial charge < -0.3 is 24.3 Å². The van der Waals surface area contributed by atoms with Crippen LogP contribution in [0.3, 0.4) is 0 Å². The molecule has 0 radical (unpaired) electrons. The molecule has 0 aliphatic carbocycles. The summed E-state index contributed by atoms with van der Waals surface area (Å²) >= 11 is 0. The molecule has 0 saturated heterocycles. The lowest BCUT2D eigenvalue weighted by Gasteiger charge is -2.09. The van der Waals surface area contributed by atoms with E-state index in [0.29, 0.717) is 39.7 Å². The molecule has 3 aromatic carbocycles. The molecule has 10 nitrogen and oxygen atoms in total.